The fourth-order valence-corrected chi connectivity index (χ4v) is 3.67. The zero-order valence-corrected chi connectivity index (χ0v) is 14.8. The maximum absolute atomic E-state index is 12.4. The van der Waals surface area contributed by atoms with E-state index in [0.717, 1.165) is 44.3 Å². The van der Waals surface area contributed by atoms with Crippen molar-refractivity contribution in [2.45, 2.75) is 38.4 Å². The summed E-state index contributed by atoms with van der Waals surface area (Å²) in [7, 11) is 0. The van der Waals surface area contributed by atoms with Crippen LogP contribution in [-0.2, 0) is 9.53 Å². The van der Waals surface area contributed by atoms with Crippen molar-refractivity contribution in [2.24, 2.45) is 5.92 Å². The largest absolute Gasteiger partial charge is 0.435 e. The molecule has 2 aliphatic rings. The first-order valence-corrected chi connectivity index (χ1v) is 9.28. The average Bonchev–Trinajstić information content (AvgIpc) is 3.16. The third kappa shape index (κ3) is 5.38. The molecule has 3 rings (SSSR count). The van der Waals surface area contributed by atoms with Crippen LogP contribution in [0, 0.1) is 5.92 Å². The topological polar surface area (TPSA) is 50.8 Å². The predicted octanol–water partition coefficient (Wildman–Crippen LogP) is 2.97. The summed E-state index contributed by atoms with van der Waals surface area (Å²) in [6, 6.07) is 6.66. The molecule has 0 unspecified atom stereocenters. The molecule has 1 saturated carbocycles. The van der Waals surface area contributed by atoms with Crippen molar-refractivity contribution in [3.63, 3.8) is 0 Å². The summed E-state index contributed by atoms with van der Waals surface area (Å²) in [5, 5.41) is 3.03. The molecule has 1 aliphatic heterocycles. The molecule has 1 saturated heterocycles. The Labute approximate surface area is 152 Å². The Hall–Kier alpha value is -1.73. The van der Waals surface area contributed by atoms with E-state index in [2.05, 4.69) is 15.0 Å². The number of ether oxygens (including phenoxy) is 2. The molecule has 0 spiro atoms. The summed E-state index contributed by atoms with van der Waals surface area (Å²) in [4.78, 5) is 14.3. The summed E-state index contributed by atoms with van der Waals surface area (Å²) in [6.45, 7) is 0.571. The Kier molecular flexibility index (Phi) is 6.80. The van der Waals surface area contributed by atoms with Crippen molar-refractivity contribution in [2.75, 3.05) is 32.8 Å². The molecule has 7 heteroatoms. The van der Waals surface area contributed by atoms with Crippen LogP contribution in [0.2, 0.25) is 0 Å². The number of hydrogen-bond donors (Lipinski definition) is 1. The summed E-state index contributed by atoms with van der Waals surface area (Å²) >= 11 is 0. The van der Waals surface area contributed by atoms with E-state index in [9.17, 15) is 13.6 Å². The number of rotatable bonds is 7. The molecule has 5 nitrogen and oxygen atoms in total. The van der Waals surface area contributed by atoms with Gasteiger partial charge in [0.2, 0.25) is 5.91 Å². The van der Waals surface area contributed by atoms with Crippen LogP contribution in [0.5, 0.6) is 5.75 Å². The second-order valence-corrected chi connectivity index (χ2v) is 6.88. The first kappa shape index (κ1) is 19.0. The molecule has 144 valence electrons. The molecule has 1 N–H and O–H groups in total. The third-order valence-corrected chi connectivity index (χ3v) is 5.06. The molecule has 0 radical (unpaired) electrons. The van der Waals surface area contributed by atoms with E-state index in [0.29, 0.717) is 19.7 Å². The molecule has 1 aromatic rings. The molecule has 1 amide bonds. The molecule has 1 heterocycles. The fraction of sp³-hybridized carbons (Fsp3) is 0.632. The number of hydrogen-bond acceptors (Lipinski definition) is 4. The van der Waals surface area contributed by atoms with Crippen LogP contribution in [-0.4, -0.2) is 50.2 Å². The van der Waals surface area contributed by atoms with Gasteiger partial charge in [0.15, 0.2) is 0 Å². The Morgan fingerprint density at radius 1 is 1.35 bits per heavy atom. The first-order valence-electron chi connectivity index (χ1n) is 9.28. The lowest BCUT2D eigenvalue weighted by molar-refractivity contribution is -0.124. The van der Waals surface area contributed by atoms with Crippen molar-refractivity contribution in [3.8, 4) is 5.75 Å². The Bertz CT molecular complexity index is 594. The molecule has 2 fully saturated rings. The van der Waals surface area contributed by atoms with Gasteiger partial charge in [0.25, 0.3) is 0 Å². The summed E-state index contributed by atoms with van der Waals surface area (Å²) in [5.74, 6) is 0.497. The van der Waals surface area contributed by atoms with Gasteiger partial charge in [-0.2, -0.15) is 8.78 Å². The number of amides is 1. The minimum absolute atomic E-state index is 0.141. The van der Waals surface area contributed by atoms with Crippen LogP contribution in [0.3, 0.4) is 0 Å². The smallest absolute Gasteiger partial charge is 0.387 e. The number of morpholine rings is 1. The number of carbonyl (C=O) groups excluding carboxylic acids is 1. The number of carbonyl (C=O) groups is 1. The summed E-state index contributed by atoms with van der Waals surface area (Å²) in [6.07, 6.45) is 4.12. The van der Waals surface area contributed by atoms with Crippen molar-refractivity contribution < 1.29 is 23.0 Å². The highest BCUT2D eigenvalue weighted by molar-refractivity contribution is 5.78. The van der Waals surface area contributed by atoms with Crippen LogP contribution in [0.25, 0.3) is 0 Å². The number of benzene rings is 1. The second-order valence-electron chi connectivity index (χ2n) is 6.88. The number of nitrogens with zero attached hydrogens (tertiary/aromatic N) is 1. The van der Waals surface area contributed by atoms with Crippen molar-refractivity contribution in [3.05, 3.63) is 29.8 Å². The van der Waals surface area contributed by atoms with Crippen LogP contribution < -0.4 is 10.1 Å². The van der Waals surface area contributed by atoms with Crippen LogP contribution in [0.15, 0.2) is 24.3 Å². The minimum Gasteiger partial charge on any atom is -0.435 e. The first-order chi connectivity index (χ1) is 12.6. The van der Waals surface area contributed by atoms with Gasteiger partial charge in [-0.25, -0.2) is 0 Å². The summed E-state index contributed by atoms with van der Waals surface area (Å²) < 4.78 is 35.0. The Morgan fingerprint density at radius 2 is 2.15 bits per heavy atom. The van der Waals surface area contributed by atoms with Gasteiger partial charge in [0.1, 0.15) is 5.75 Å². The Balaban J connectivity index is 1.47. The number of alkyl halides is 2. The van der Waals surface area contributed by atoms with E-state index in [-0.39, 0.29) is 23.7 Å². The Morgan fingerprint density at radius 3 is 2.92 bits per heavy atom. The van der Waals surface area contributed by atoms with Crippen LogP contribution in [0.4, 0.5) is 8.78 Å². The molecular formula is C19H26F2N2O3. The van der Waals surface area contributed by atoms with Gasteiger partial charge in [-0.3, -0.25) is 9.69 Å². The lowest BCUT2D eigenvalue weighted by Gasteiger charge is -2.33. The lowest BCUT2D eigenvalue weighted by Crippen LogP contribution is -2.43. The van der Waals surface area contributed by atoms with Gasteiger partial charge in [0.05, 0.1) is 12.7 Å². The highest BCUT2D eigenvalue weighted by Gasteiger charge is 2.24. The maximum atomic E-state index is 12.4. The quantitative estimate of drug-likeness (QED) is 0.804. The van der Waals surface area contributed by atoms with E-state index in [1.807, 2.05) is 6.07 Å². The van der Waals surface area contributed by atoms with Gasteiger partial charge >= 0.3 is 6.61 Å². The van der Waals surface area contributed by atoms with Crippen LogP contribution >= 0.6 is 0 Å². The number of nitrogens with one attached hydrogen (secondary N) is 1. The normalized spacial score (nSPS) is 21.9. The zero-order chi connectivity index (χ0) is 18.4. The average molecular weight is 368 g/mol. The molecule has 1 atom stereocenters. The van der Waals surface area contributed by atoms with E-state index >= 15 is 0 Å². The highest BCUT2D eigenvalue weighted by atomic mass is 19.3. The molecular weight excluding hydrogens is 342 g/mol. The van der Waals surface area contributed by atoms with E-state index < -0.39 is 6.61 Å². The van der Waals surface area contributed by atoms with E-state index in [1.54, 1.807) is 12.1 Å². The van der Waals surface area contributed by atoms with E-state index in [4.69, 9.17) is 4.74 Å². The van der Waals surface area contributed by atoms with E-state index in [1.165, 1.54) is 6.07 Å². The van der Waals surface area contributed by atoms with Crippen molar-refractivity contribution in [1.82, 2.24) is 10.2 Å². The van der Waals surface area contributed by atoms with Crippen LogP contribution in [0.1, 0.15) is 37.4 Å². The zero-order valence-electron chi connectivity index (χ0n) is 14.8. The number of halogens is 2. The van der Waals surface area contributed by atoms with Gasteiger partial charge in [-0.1, -0.05) is 25.0 Å². The van der Waals surface area contributed by atoms with Gasteiger partial charge in [0, 0.05) is 32.1 Å². The van der Waals surface area contributed by atoms with Gasteiger partial charge in [-0.05, 0) is 30.5 Å². The lowest BCUT2D eigenvalue weighted by atomic mass is 10.1. The maximum Gasteiger partial charge on any atom is 0.387 e. The second kappa shape index (κ2) is 9.28. The fourth-order valence-electron chi connectivity index (χ4n) is 3.67. The summed E-state index contributed by atoms with van der Waals surface area (Å²) in [5.41, 5.74) is 0.822. The predicted molar refractivity (Wildman–Crippen MR) is 93.2 cm³/mol. The molecule has 1 aromatic carbocycles. The minimum atomic E-state index is -2.84. The van der Waals surface area contributed by atoms with Crippen molar-refractivity contribution in [1.29, 1.82) is 0 Å². The third-order valence-electron chi connectivity index (χ3n) is 5.06. The monoisotopic (exact) mass is 368 g/mol. The molecule has 1 aliphatic carbocycles. The molecule has 26 heavy (non-hydrogen) atoms. The van der Waals surface area contributed by atoms with Gasteiger partial charge in [-0.15, -0.1) is 0 Å². The van der Waals surface area contributed by atoms with Gasteiger partial charge < -0.3 is 14.8 Å². The highest BCUT2D eigenvalue weighted by Crippen LogP contribution is 2.26. The molecule has 0 bridgehead atoms. The van der Waals surface area contributed by atoms with Crippen molar-refractivity contribution >= 4 is 5.91 Å². The molecule has 0 aromatic heterocycles. The standard InChI is InChI=1S/C19H26F2N2O3/c20-19(21)26-16-7-3-6-15(12-16)17-13-23(10-11-25-17)9-8-22-18(24)14-4-1-2-5-14/h3,6-7,12,14,17,19H,1-2,4-5,8-11,13H2,(H,22,24)/t17-/m0/s1. The SMILES string of the molecule is O=C(NCCN1CCO[C@H](c2cccc(OC(F)F)c2)C1)C1CCCC1.